The van der Waals surface area contributed by atoms with Crippen LogP contribution in [0.3, 0.4) is 0 Å². The number of carbonyl (C=O) groups excluding carboxylic acids is 1. The van der Waals surface area contributed by atoms with Gasteiger partial charge in [-0.25, -0.2) is 0 Å². The van der Waals surface area contributed by atoms with Crippen LogP contribution in [0.2, 0.25) is 0 Å². The SMILES string of the molecule is O=C(NC1CCc2ccccc21)c1occc1COc1ccccc1. The third-order valence-corrected chi connectivity index (χ3v) is 4.53. The fourth-order valence-electron chi connectivity index (χ4n) is 3.26. The quantitative estimate of drug-likeness (QED) is 0.758. The summed E-state index contributed by atoms with van der Waals surface area (Å²) in [6.07, 6.45) is 3.44. The van der Waals surface area contributed by atoms with Crippen molar-refractivity contribution < 1.29 is 13.9 Å². The van der Waals surface area contributed by atoms with E-state index in [9.17, 15) is 4.79 Å². The number of aryl methyl sites for hydroxylation is 1. The average molecular weight is 333 g/mol. The Balaban J connectivity index is 1.44. The van der Waals surface area contributed by atoms with Crippen LogP contribution in [0.4, 0.5) is 0 Å². The molecule has 4 rings (SSSR count). The smallest absolute Gasteiger partial charge is 0.287 e. The van der Waals surface area contributed by atoms with Crippen LogP contribution < -0.4 is 10.1 Å². The van der Waals surface area contributed by atoms with Gasteiger partial charge in [0.05, 0.1) is 12.3 Å². The molecule has 1 aromatic heterocycles. The molecule has 1 amide bonds. The van der Waals surface area contributed by atoms with Crippen molar-refractivity contribution in [3.63, 3.8) is 0 Å². The maximum absolute atomic E-state index is 12.6. The fraction of sp³-hybridized carbons (Fsp3) is 0.190. The number of hydrogen-bond acceptors (Lipinski definition) is 3. The lowest BCUT2D eigenvalue weighted by atomic mass is 10.1. The summed E-state index contributed by atoms with van der Waals surface area (Å²) in [5, 5.41) is 3.09. The minimum absolute atomic E-state index is 0.0386. The van der Waals surface area contributed by atoms with Crippen molar-refractivity contribution in [2.75, 3.05) is 0 Å². The molecule has 1 unspecified atom stereocenters. The van der Waals surface area contributed by atoms with Crippen molar-refractivity contribution in [3.05, 3.63) is 89.4 Å². The first-order valence-electron chi connectivity index (χ1n) is 8.44. The van der Waals surface area contributed by atoms with Gasteiger partial charge in [-0.15, -0.1) is 0 Å². The van der Waals surface area contributed by atoms with Crippen molar-refractivity contribution in [3.8, 4) is 5.75 Å². The summed E-state index contributed by atoms with van der Waals surface area (Å²) in [5.41, 5.74) is 3.25. The van der Waals surface area contributed by atoms with Gasteiger partial charge in [-0.3, -0.25) is 4.79 Å². The van der Waals surface area contributed by atoms with E-state index in [2.05, 4.69) is 17.4 Å². The number of para-hydroxylation sites is 1. The number of ether oxygens (including phenoxy) is 1. The zero-order valence-corrected chi connectivity index (χ0v) is 13.8. The maximum Gasteiger partial charge on any atom is 0.287 e. The average Bonchev–Trinajstić information content (AvgIpc) is 3.28. The molecule has 0 aliphatic heterocycles. The molecule has 1 N–H and O–H groups in total. The molecule has 0 saturated heterocycles. The van der Waals surface area contributed by atoms with Crippen molar-refractivity contribution >= 4 is 5.91 Å². The van der Waals surface area contributed by atoms with Crippen molar-refractivity contribution in [2.24, 2.45) is 0 Å². The molecule has 0 radical (unpaired) electrons. The topological polar surface area (TPSA) is 51.5 Å². The molecular weight excluding hydrogens is 314 g/mol. The second-order valence-corrected chi connectivity index (χ2v) is 6.14. The molecule has 2 aromatic carbocycles. The second-order valence-electron chi connectivity index (χ2n) is 6.14. The van der Waals surface area contributed by atoms with E-state index < -0.39 is 0 Å². The minimum atomic E-state index is -0.196. The molecule has 1 atom stereocenters. The largest absolute Gasteiger partial charge is 0.489 e. The number of fused-ring (bicyclic) bond motifs is 1. The van der Waals surface area contributed by atoms with Crippen molar-refractivity contribution in [1.82, 2.24) is 5.32 Å². The van der Waals surface area contributed by atoms with Gasteiger partial charge in [0.1, 0.15) is 12.4 Å². The highest BCUT2D eigenvalue weighted by Crippen LogP contribution is 2.31. The minimum Gasteiger partial charge on any atom is -0.489 e. The Morgan fingerprint density at radius 3 is 2.76 bits per heavy atom. The van der Waals surface area contributed by atoms with E-state index in [1.807, 2.05) is 42.5 Å². The van der Waals surface area contributed by atoms with Crippen LogP contribution >= 0.6 is 0 Å². The summed E-state index contributed by atoms with van der Waals surface area (Å²) < 4.78 is 11.1. The van der Waals surface area contributed by atoms with Gasteiger partial charge in [-0.2, -0.15) is 0 Å². The summed E-state index contributed by atoms with van der Waals surface area (Å²) in [6, 6.07) is 19.6. The number of amides is 1. The molecule has 0 fully saturated rings. The highest BCUT2D eigenvalue weighted by atomic mass is 16.5. The standard InChI is InChI=1S/C21H19NO3/c23-21(22-19-11-10-15-6-4-5-9-18(15)19)20-16(12-13-24-20)14-25-17-7-2-1-3-8-17/h1-9,12-13,19H,10-11,14H2,(H,22,23). The summed E-state index contributed by atoms with van der Waals surface area (Å²) in [5.74, 6) is 0.887. The van der Waals surface area contributed by atoms with Gasteiger partial charge in [0, 0.05) is 5.56 Å². The van der Waals surface area contributed by atoms with Gasteiger partial charge >= 0.3 is 0 Å². The Morgan fingerprint density at radius 1 is 1.08 bits per heavy atom. The Bertz CT molecular complexity index is 870. The molecule has 25 heavy (non-hydrogen) atoms. The van der Waals surface area contributed by atoms with Crippen LogP contribution in [-0.4, -0.2) is 5.91 Å². The lowest BCUT2D eigenvalue weighted by Crippen LogP contribution is -2.27. The number of furan rings is 1. The molecule has 1 heterocycles. The van der Waals surface area contributed by atoms with E-state index in [-0.39, 0.29) is 11.9 Å². The van der Waals surface area contributed by atoms with Crippen LogP contribution in [-0.2, 0) is 13.0 Å². The lowest BCUT2D eigenvalue weighted by molar-refractivity contribution is 0.0905. The summed E-state index contributed by atoms with van der Waals surface area (Å²) in [7, 11) is 0. The Hall–Kier alpha value is -3.01. The predicted molar refractivity (Wildman–Crippen MR) is 94.5 cm³/mol. The Morgan fingerprint density at radius 2 is 1.88 bits per heavy atom. The van der Waals surface area contributed by atoms with Crippen LogP contribution in [0.25, 0.3) is 0 Å². The van der Waals surface area contributed by atoms with E-state index in [4.69, 9.17) is 9.15 Å². The van der Waals surface area contributed by atoms with E-state index in [1.54, 1.807) is 6.07 Å². The van der Waals surface area contributed by atoms with E-state index in [0.717, 1.165) is 24.2 Å². The first-order valence-corrected chi connectivity index (χ1v) is 8.44. The second kappa shape index (κ2) is 6.85. The number of hydrogen-bond donors (Lipinski definition) is 1. The first kappa shape index (κ1) is 15.5. The predicted octanol–water partition coefficient (Wildman–Crippen LogP) is 4.28. The summed E-state index contributed by atoms with van der Waals surface area (Å²) >= 11 is 0. The molecule has 0 spiro atoms. The fourth-order valence-corrected chi connectivity index (χ4v) is 3.26. The molecule has 4 nitrogen and oxygen atoms in total. The molecule has 0 bridgehead atoms. The highest BCUT2D eigenvalue weighted by molar-refractivity contribution is 5.93. The van der Waals surface area contributed by atoms with Gasteiger partial charge in [0.25, 0.3) is 5.91 Å². The number of benzene rings is 2. The molecule has 1 aliphatic rings. The Labute approximate surface area is 146 Å². The molecule has 0 saturated carbocycles. The van der Waals surface area contributed by atoms with Gasteiger partial charge in [-0.1, -0.05) is 42.5 Å². The maximum atomic E-state index is 12.6. The molecule has 3 aromatic rings. The van der Waals surface area contributed by atoms with Crippen molar-refractivity contribution in [1.29, 1.82) is 0 Å². The number of nitrogens with one attached hydrogen (secondary N) is 1. The van der Waals surface area contributed by atoms with Crippen LogP contribution in [0.1, 0.15) is 39.7 Å². The van der Waals surface area contributed by atoms with Crippen LogP contribution in [0, 0.1) is 0 Å². The normalized spacial score (nSPS) is 15.6. The van der Waals surface area contributed by atoms with Gasteiger partial charge in [0.15, 0.2) is 5.76 Å². The third-order valence-electron chi connectivity index (χ3n) is 4.53. The molecule has 126 valence electrons. The number of carbonyl (C=O) groups is 1. The van der Waals surface area contributed by atoms with Gasteiger partial charge in [-0.05, 0) is 42.2 Å². The highest BCUT2D eigenvalue weighted by Gasteiger charge is 2.26. The summed E-state index contributed by atoms with van der Waals surface area (Å²) in [6.45, 7) is 0.296. The zero-order chi connectivity index (χ0) is 17.1. The van der Waals surface area contributed by atoms with E-state index >= 15 is 0 Å². The Kier molecular flexibility index (Phi) is 4.25. The molecule has 1 aliphatic carbocycles. The van der Waals surface area contributed by atoms with E-state index in [0.29, 0.717) is 12.4 Å². The van der Waals surface area contributed by atoms with Gasteiger partial charge < -0.3 is 14.5 Å². The lowest BCUT2D eigenvalue weighted by Gasteiger charge is -2.14. The molecule has 4 heteroatoms. The third kappa shape index (κ3) is 3.29. The number of rotatable bonds is 5. The first-order chi connectivity index (χ1) is 12.3. The van der Waals surface area contributed by atoms with Crippen LogP contribution in [0.5, 0.6) is 5.75 Å². The van der Waals surface area contributed by atoms with Crippen LogP contribution in [0.15, 0.2) is 71.3 Å². The molecular formula is C21H19NO3. The van der Waals surface area contributed by atoms with Crippen molar-refractivity contribution in [2.45, 2.75) is 25.5 Å². The zero-order valence-electron chi connectivity index (χ0n) is 13.8. The monoisotopic (exact) mass is 333 g/mol. The van der Waals surface area contributed by atoms with Gasteiger partial charge in [0.2, 0.25) is 0 Å². The summed E-state index contributed by atoms with van der Waals surface area (Å²) in [4.78, 5) is 12.6. The van der Waals surface area contributed by atoms with E-state index in [1.165, 1.54) is 17.4 Å².